The van der Waals surface area contributed by atoms with E-state index in [0.717, 1.165) is 5.56 Å². The zero-order chi connectivity index (χ0) is 32.7. The summed E-state index contributed by atoms with van der Waals surface area (Å²) < 4.78 is 6.61. The summed E-state index contributed by atoms with van der Waals surface area (Å²) >= 11 is 0. The molecule has 3 aromatic rings. The average molecular weight is 610 g/mol. The van der Waals surface area contributed by atoms with Crippen LogP contribution in [0.25, 0.3) is 0 Å². The Morgan fingerprint density at radius 1 is 1.09 bits per heavy atom. The minimum absolute atomic E-state index is 0.207. The van der Waals surface area contributed by atoms with Gasteiger partial charge in [0.25, 0.3) is 11.8 Å². The van der Waals surface area contributed by atoms with Gasteiger partial charge in [0.05, 0.1) is 11.3 Å². The molecular weight excluding hydrogens is 570 g/mol. The Balaban J connectivity index is 1.68. The highest BCUT2D eigenvalue weighted by molar-refractivity contribution is 6.07. The van der Waals surface area contributed by atoms with E-state index in [4.69, 9.17) is 11.2 Å². The molecular formula is C34H39N7O4. The fraction of sp³-hybridized carbons (Fsp3) is 0.353. The lowest BCUT2D eigenvalue weighted by Gasteiger charge is -2.39. The van der Waals surface area contributed by atoms with Crippen molar-refractivity contribution in [2.75, 3.05) is 38.0 Å². The number of nitrogens with zero attached hydrogens (tertiary/aromatic N) is 5. The minimum atomic E-state index is -0.593. The maximum absolute atomic E-state index is 13.4. The molecule has 11 heteroatoms. The number of amides is 3. The Hall–Kier alpha value is -5.08. The lowest BCUT2D eigenvalue weighted by molar-refractivity contribution is -0.129. The molecule has 2 atom stereocenters. The summed E-state index contributed by atoms with van der Waals surface area (Å²) in [5.41, 5.74) is 3.50. The van der Waals surface area contributed by atoms with E-state index in [2.05, 4.69) is 43.0 Å². The molecule has 45 heavy (non-hydrogen) atoms. The van der Waals surface area contributed by atoms with Crippen molar-refractivity contribution in [2.45, 2.75) is 46.8 Å². The van der Waals surface area contributed by atoms with Crippen LogP contribution < -0.4 is 15.4 Å². The van der Waals surface area contributed by atoms with Crippen LogP contribution in [-0.2, 0) is 4.79 Å². The molecule has 1 aliphatic heterocycles. The number of aromatic nitrogens is 3. The fourth-order valence-corrected chi connectivity index (χ4v) is 5.07. The van der Waals surface area contributed by atoms with E-state index < -0.39 is 18.1 Å². The largest absolute Gasteiger partial charge is 0.482 e. The van der Waals surface area contributed by atoms with Gasteiger partial charge in [-0.2, -0.15) is 0 Å². The number of ether oxygens (including phenoxy) is 1. The molecule has 0 bridgehead atoms. The molecule has 3 heterocycles. The van der Waals surface area contributed by atoms with Crippen molar-refractivity contribution in [3.05, 3.63) is 88.6 Å². The second-order valence-corrected chi connectivity index (χ2v) is 11.0. The van der Waals surface area contributed by atoms with Crippen molar-refractivity contribution in [3.8, 4) is 18.1 Å². The average Bonchev–Trinajstić information content (AvgIpc) is 3.02. The molecule has 0 spiro atoms. The summed E-state index contributed by atoms with van der Waals surface area (Å²) in [6.07, 6.45) is 9.88. The maximum Gasteiger partial charge on any atom is 0.257 e. The van der Waals surface area contributed by atoms with Crippen molar-refractivity contribution in [1.82, 2.24) is 30.1 Å². The Morgan fingerprint density at radius 2 is 1.87 bits per heavy atom. The second kappa shape index (κ2) is 14.6. The van der Waals surface area contributed by atoms with Crippen LogP contribution >= 0.6 is 0 Å². The molecule has 1 saturated heterocycles. The molecule has 1 aliphatic rings. The number of pyridine rings is 1. The fourth-order valence-electron chi connectivity index (χ4n) is 5.07. The normalized spacial score (nSPS) is 15.5. The van der Waals surface area contributed by atoms with E-state index in [-0.39, 0.29) is 17.4 Å². The third-order valence-electron chi connectivity index (χ3n) is 7.55. The molecule has 2 aromatic heterocycles. The summed E-state index contributed by atoms with van der Waals surface area (Å²) in [4.78, 5) is 56.0. The first-order chi connectivity index (χ1) is 21.5. The van der Waals surface area contributed by atoms with Crippen LogP contribution in [0.2, 0.25) is 0 Å². The van der Waals surface area contributed by atoms with Gasteiger partial charge in [0.2, 0.25) is 5.91 Å². The molecule has 0 radical (unpaired) electrons. The zero-order valence-electron chi connectivity index (χ0n) is 26.4. The molecule has 234 valence electrons. The van der Waals surface area contributed by atoms with Crippen molar-refractivity contribution in [2.24, 2.45) is 0 Å². The molecule has 3 amide bonds. The van der Waals surface area contributed by atoms with Gasteiger partial charge in [0.15, 0.2) is 6.10 Å². The quantitative estimate of drug-likeness (QED) is 0.264. The topological polar surface area (TPSA) is 130 Å². The maximum atomic E-state index is 13.4. The third kappa shape index (κ3) is 7.91. The smallest absolute Gasteiger partial charge is 0.257 e. The molecule has 0 saturated carbocycles. The van der Waals surface area contributed by atoms with E-state index in [1.54, 1.807) is 50.2 Å². The summed E-state index contributed by atoms with van der Waals surface area (Å²) in [5, 5.41) is 5.67. The number of nitrogens with one attached hydrogen (secondary N) is 2. The van der Waals surface area contributed by atoms with Gasteiger partial charge in [-0.15, -0.1) is 6.42 Å². The first-order valence-electron chi connectivity index (χ1n) is 14.8. The molecule has 1 fully saturated rings. The number of rotatable bonds is 10. The molecule has 0 aliphatic carbocycles. The van der Waals surface area contributed by atoms with Gasteiger partial charge in [-0.3, -0.25) is 24.3 Å². The highest BCUT2D eigenvalue weighted by Gasteiger charge is 2.31. The zero-order valence-corrected chi connectivity index (χ0v) is 26.4. The van der Waals surface area contributed by atoms with Gasteiger partial charge < -0.3 is 20.3 Å². The SMILES string of the molecule is C#C[C@@H]1CN(C[C@@H](Oc2cc(C)c(C(=O)Nc3nc(C)ncc3C)cc2C(=O)NCC)c2ccc(C)cn2)CCN1C(=O)C=C. The van der Waals surface area contributed by atoms with Crippen LogP contribution in [0.15, 0.2) is 49.3 Å². The van der Waals surface area contributed by atoms with Crippen molar-refractivity contribution in [3.63, 3.8) is 0 Å². The number of aryl methyl sites for hydroxylation is 4. The summed E-state index contributed by atoms with van der Waals surface area (Å²) in [5.74, 6) is 2.96. The van der Waals surface area contributed by atoms with E-state index in [1.807, 2.05) is 26.0 Å². The van der Waals surface area contributed by atoms with Crippen LogP contribution in [0.5, 0.6) is 5.75 Å². The number of benzene rings is 1. The predicted octanol–water partition coefficient (Wildman–Crippen LogP) is 3.56. The predicted molar refractivity (Wildman–Crippen MR) is 172 cm³/mol. The van der Waals surface area contributed by atoms with Crippen LogP contribution in [0, 0.1) is 40.0 Å². The molecule has 0 unspecified atom stereocenters. The number of hydrogen-bond donors (Lipinski definition) is 2. The Labute approximate surface area is 264 Å². The van der Waals surface area contributed by atoms with Crippen LogP contribution in [0.4, 0.5) is 5.82 Å². The van der Waals surface area contributed by atoms with Crippen molar-refractivity contribution < 1.29 is 19.1 Å². The number of carbonyl (C=O) groups excluding carboxylic acids is 3. The lowest BCUT2D eigenvalue weighted by Crippen LogP contribution is -2.55. The van der Waals surface area contributed by atoms with Gasteiger partial charge in [-0.1, -0.05) is 18.6 Å². The summed E-state index contributed by atoms with van der Waals surface area (Å²) in [7, 11) is 0. The van der Waals surface area contributed by atoms with Crippen LogP contribution in [-0.4, -0.2) is 81.2 Å². The first kappa shape index (κ1) is 32.8. The minimum Gasteiger partial charge on any atom is -0.482 e. The highest BCUT2D eigenvalue weighted by atomic mass is 16.5. The number of terminal acetylenes is 1. The Bertz CT molecular complexity index is 1630. The van der Waals surface area contributed by atoms with E-state index >= 15 is 0 Å². The number of hydrogen-bond acceptors (Lipinski definition) is 8. The third-order valence-corrected chi connectivity index (χ3v) is 7.55. The molecule has 2 N–H and O–H groups in total. The molecule has 4 rings (SSSR count). The Morgan fingerprint density at radius 3 is 2.53 bits per heavy atom. The van der Waals surface area contributed by atoms with Crippen molar-refractivity contribution >= 4 is 23.5 Å². The van der Waals surface area contributed by atoms with Crippen molar-refractivity contribution in [1.29, 1.82) is 0 Å². The van der Waals surface area contributed by atoms with Gasteiger partial charge >= 0.3 is 0 Å². The number of piperazine rings is 1. The van der Waals surface area contributed by atoms with Crippen LogP contribution in [0.3, 0.4) is 0 Å². The van der Waals surface area contributed by atoms with E-state index in [9.17, 15) is 14.4 Å². The monoisotopic (exact) mass is 609 g/mol. The van der Waals surface area contributed by atoms with Gasteiger partial charge in [0, 0.05) is 56.2 Å². The van der Waals surface area contributed by atoms with E-state index in [1.165, 1.54) is 6.08 Å². The molecule has 11 nitrogen and oxygen atoms in total. The van der Waals surface area contributed by atoms with E-state index in [0.29, 0.717) is 72.5 Å². The standard InChI is InChI=1S/C34H39N7O4/c1-8-25-19-40(13-14-41(25)31(42)9-2)20-30(28-12-11-21(4)17-37-28)45-29-15-22(5)26(16-27(29)33(43)35-10-3)34(44)39-32-23(6)18-36-24(7)38-32/h1,9,11-12,15-18,25,30H,2,10,13-14,19-20H2,3-7H3,(H,35,43)(H,36,38,39,44)/t25-,30-/m1/s1. The molecule has 1 aromatic carbocycles. The number of anilines is 1. The lowest BCUT2D eigenvalue weighted by atomic mass is 10.0. The Kier molecular flexibility index (Phi) is 10.6. The number of carbonyl (C=O) groups is 3. The van der Waals surface area contributed by atoms with Gasteiger partial charge in [-0.05, 0) is 70.0 Å². The second-order valence-electron chi connectivity index (χ2n) is 11.0. The summed E-state index contributed by atoms with van der Waals surface area (Å²) in [6, 6.07) is 6.65. The first-order valence-corrected chi connectivity index (χ1v) is 14.8. The summed E-state index contributed by atoms with van der Waals surface area (Å²) in [6.45, 7) is 14.9. The highest BCUT2D eigenvalue weighted by Crippen LogP contribution is 2.30. The van der Waals surface area contributed by atoms with Gasteiger partial charge in [-0.25, -0.2) is 9.97 Å². The van der Waals surface area contributed by atoms with Crippen LogP contribution in [0.1, 0.15) is 62.0 Å². The van der Waals surface area contributed by atoms with Gasteiger partial charge in [0.1, 0.15) is 23.4 Å².